The highest BCUT2D eigenvalue weighted by Crippen LogP contribution is 2.51. The van der Waals surface area contributed by atoms with E-state index in [1.54, 1.807) is 0 Å². The lowest BCUT2D eigenvalue weighted by Crippen LogP contribution is -2.07. The molecule has 2 aromatic rings. The fraction of sp³-hybridized carbons (Fsp3) is 0.455. The second kappa shape index (κ2) is 10.3. The summed E-state index contributed by atoms with van der Waals surface area (Å²) in [7, 11) is 0.177. The summed E-state index contributed by atoms with van der Waals surface area (Å²) >= 11 is 0. The molecule has 0 spiro atoms. The lowest BCUT2D eigenvalue weighted by molar-refractivity contribution is 1.05. The van der Waals surface area contributed by atoms with Gasteiger partial charge in [0.2, 0.25) is 0 Å². The van der Waals surface area contributed by atoms with Crippen molar-refractivity contribution in [3.8, 4) is 0 Å². The Kier molecular flexibility index (Phi) is 8.44. The fourth-order valence-electron chi connectivity index (χ4n) is 2.93. The second-order valence-electron chi connectivity index (χ2n) is 7.10. The quantitative estimate of drug-likeness (QED) is 0.417. The summed E-state index contributed by atoms with van der Waals surface area (Å²) < 4.78 is 0. The van der Waals surface area contributed by atoms with Crippen LogP contribution in [0, 0.1) is 0 Å². The van der Waals surface area contributed by atoms with Crippen LogP contribution in [0.15, 0.2) is 60.7 Å². The SMILES string of the molecule is CC(C)P(CCP(Cc1ccccc1)C(C)C)Cc1ccccc1. The van der Waals surface area contributed by atoms with E-state index in [1.807, 2.05) is 0 Å². The van der Waals surface area contributed by atoms with Crippen LogP contribution in [0.25, 0.3) is 0 Å². The highest BCUT2D eigenvalue weighted by molar-refractivity contribution is 7.61. The summed E-state index contributed by atoms with van der Waals surface area (Å²) in [6.45, 7) is 9.68. The molecule has 0 aromatic heterocycles. The minimum absolute atomic E-state index is 0.0884. The van der Waals surface area contributed by atoms with Crippen molar-refractivity contribution >= 4 is 15.8 Å². The monoisotopic (exact) mass is 358 g/mol. The van der Waals surface area contributed by atoms with E-state index in [2.05, 4.69) is 88.4 Å². The minimum Gasteiger partial charge on any atom is -0.0992 e. The Morgan fingerprint density at radius 1 is 0.583 bits per heavy atom. The summed E-state index contributed by atoms with van der Waals surface area (Å²) in [5.41, 5.74) is 4.69. The normalized spacial score (nSPS) is 14.1. The van der Waals surface area contributed by atoms with Gasteiger partial charge >= 0.3 is 0 Å². The molecule has 24 heavy (non-hydrogen) atoms. The smallest absolute Gasteiger partial charge is 0.00707 e. The van der Waals surface area contributed by atoms with Gasteiger partial charge in [-0.25, -0.2) is 0 Å². The van der Waals surface area contributed by atoms with Crippen LogP contribution in [-0.2, 0) is 12.3 Å². The van der Waals surface area contributed by atoms with Gasteiger partial charge in [-0.3, -0.25) is 0 Å². The third kappa shape index (κ3) is 6.66. The van der Waals surface area contributed by atoms with Gasteiger partial charge in [0.25, 0.3) is 0 Å². The molecule has 0 heterocycles. The van der Waals surface area contributed by atoms with E-state index in [0.29, 0.717) is 0 Å². The molecule has 2 aromatic carbocycles. The zero-order valence-electron chi connectivity index (χ0n) is 15.7. The maximum absolute atomic E-state index is 2.42. The van der Waals surface area contributed by atoms with Crippen LogP contribution in [0.1, 0.15) is 38.8 Å². The molecule has 0 radical (unpaired) electrons. The predicted octanol–water partition coefficient (Wildman–Crippen LogP) is 7.17. The molecule has 2 atom stereocenters. The standard InChI is InChI=1S/C22H32P2/c1-19(2)23(17-21-11-7-5-8-12-21)15-16-24(20(3)4)18-22-13-9-6-10-14-22/h5-14,19-20H,15-18H2,1-4H3. The molecule has 0 saturated heterocycles. The van der Waals surface area contributed by atoms with Crippen LogP contribution in [0.3, 0.4) is 0 Å². The van der Waals surface area contributed by atoms with Gasteiger partial charge in [-0.2, -0.15) is 0 Å². The van der Waals surface area contributed by atoms with Gasteiger partial charge in [-0.1, -0.05) is 104 Å². The van der Waals surface area contributed by atoms with Crippen molar-refractivity contribution in [2.45, 2.75) is 51.3 Å². The number of hydrogen-bond acceptors (Lipinski definition) is 0. The van der Waals surface area contributed by atoms with Crippen molar-refractivity contribution in [3.63, 3.8) is 0 Å². The first-order valence-corrected chi connectivity index (χ1v) is 12.7. The van der Waals surface area contributed by atoms with Crippen LogP contribution >= 0.6 is 15.8 Å². The molecule has 2 unspecified atom stereocenters. The van der Waals surface area contributed by atoms with Crippen LogP contribution in [0.4, 0.5) is 0 Å². The number of hydrogen-bond donors (Lipinski definition) is 0. The predicted molar refractivity (Wildman–Crippen MR) is 114 cm³/mol. The Morgan fingerprint density at radius 2 is 0.917 bits per heavy atom. The molecular formula is C22H32P2. The summed E-state index contributed by atoms with van der Waals surface area (Å²) in [5.74, 6) is 0. The van der Waals surface area contributed by atoms with Gasteiger partial charge < -0.3 is 0 Å². The molecule has 2 rings (SSSR count). The second-order valence-corrected chi connectivity index (χ2v) is 13.0. The Labute approximate surface area is 151 Å². The Hall–Kier alpha value is -0.700. The first kappa shape index (κ1) is 19.6. The van der Waals surface area contributed by atoms with Gasteiger partial charge in [0, 0.05) is 0 Å². The molecule has 130 valence electrons. The third-order valence-electron chi connectivity index (χ3n) is 4.59. The molecule has 0 aliphatic heterocycles. The van der Waals surface area contributed by atoms with Gasteiger partial charge in [0.15, 0.2) is 0 Å². The van der Waals surface area contributed by atoms with Crippen molar-refractivity contribution in [2.24, 2.45) is 0 Å². The van der Waals surface area contributed by atoms with E-state index in [9.17, 15) is 0 Å². The average molecular weight is 358 g/mol. The van der Waals surface area contributed by atoms with Gasteiger partial charge in [-0.05, 0) is 47.1 Å². The van der Waals surface area contributed by atoms with E-state index in [0.717, 1.165) is 11.3 Å². The molecule has 0 aliphatic rings. The molecule has 0 bridgehead atoms. The van der Waals surface area contributed by atoms with Crippen molar-refractivity contribution in [3.05, 3.63) is 71.8 Å². The zero-order valence-corrected chi connectivity index (χ0v) is 17.4. The largest absolute Gasteiger partial charge is 0.0992 e. The van der Waals surface area contributed by atoms with Gasteiger partial charge in [0.05, 0.1) is 0 Å². The molecular weight excluding hydrogens is 326 g/mol. The Balaban J connectivity index is 1.95. The maximum Gasteiger partial charge on any atom is -0.00707 e. The summed E-state index contributed by atoms with van der Waals surface area (Å²) in [6.07, 6.45) is 5.44. The van der Waals surface area contributed by atoms with E-state index < -0.39 is 0 Å². The Morgan fingerprint density at radius 3 is 1.21 bits per heavy atom. The molecule has 2 heteroatoms. The van der Waals surface area contributed by atoms with Crippen LogP contribution in [0.5, 0.6) is 0 Å². The lowest BCUT2D eigenvalue weighted by Gasteiger charge is -2.27. The molecule has 0 N–H and O–H groups in total. The van der Waals surface area contributed by atoms with Gasteiger partial charge in [-0.15, -0.1) is 0 Å². The van der Waals surface area contributed by atoms with E-state index >= 15 is 0 Å². The zero-order chi connectivity index (χ0) is 17.4. The first-order valence-electron chi connectivity index (χ1n) is 9.12. The molecule has 0 saturated carbocycles. The van der Waals surface area contributed by atoms with Gasteiger partial charge in [0.1, 0.15) is 0 Å². The third-order valence-corrected chi connectivity index (χ3v) is 11.0. The number of benzene rings is 2. The van der Waals surface area contributed by atoms with Crippen molar-refractivity contribution < 1.29 is 0 Å². The number of rotatable bonds is 9. The summed E-state index contributed by atoms with van der Waals surface area (Å²) in [6, 6.07) is 22.2. The van der Waals surface area contributed by atoms with Crippen LogP contribution in [-0.4, -0.2) is 23.6 Å². The Bertz CT molecular complexity index is 510. The topological polar surface area (TPSA) is 0 Å². The van der Waals surface area contributed by atoms with Crippen molar-refractivity contribution in [2.75, 3.05) is 12.3 Å². The average Bonchev–Trinajstić information content (AvgIpc) is 2.58. The minimum atomic E-state index is 0.0884. The first-order chi connectivity index (χ1) is 11.6. The molecule has 0 aliphatic carbocycles. The highest BCUT2D eigenvalue weighted by atomic mass is 31.1. The van der Waals surface area contributed by atoms with E-state index in [4.69, 9.17) is 0 Å². The van der Waals surface area contributed by atoms with Crippen molar-refractivity contribution in [1.29, 1.82) is 0 Å². The summed E-state index contributed by atoms with van der Waals surface area (Å²) in [4.78, 5) is 0. The molecule has 0 nitrogen and oxygen atoms in total. The maximum atomic E-state index is 2.42. The molecule has 0 amide bonds. The van der Waals surface area contributed by atoms with Crippen molar-refractivity contribution in [1.82, 2.24) is 0 Å². The summed E-state index contributed by atoms with van der Waals surface area (Å²) in [5, 5.41) is 0. The fourth-order valence-corrected chi connectivity index (χ4v) is 8.43. The highest BCUT2D eigenvalue weighted by Gasteiger charge is 2.18. The molecule has 0 fully saturated rings. The van der Waals surface area contributed by atoms with E-state index in [1.165, 1.54) is 35.8 Å². The van der Waals surface area contributed by atoms with Crippen LogP contribution < -0.4 is 0 Å². The van der Waals surface area contributed by atoms with Crippen LogP contribution in [0.2, 0.25) is 0 Å². The lowest BCUT2D eigenvalue weighted by atomic mass is 10.2. The van der Waals surface area contributed by atoms with E-state index in [-0.39, 0.29) is 15.8 Å².